The summed E-state index contributed by atoms with van der Waals surface area (Å²) in [5.41, 5.74) is 14.7. The molecule has 1 spiro atoms. The summed E-state index contributed by atoms with van der Waals surface area (Å²) in [5.74, 6) is 5.65. The zero-order valence-corrected chi connectivity index (χ0v) is 36.2. The number of rotatable bonds is 3. The summed E-state index contributed by atoms with van der Waals surface area (Å²) in [5, 5.41) is 0. The Labute approximate surface area is 355 Å². The topological polar surface area (TPSA) is 21.7 Å². The highest BCUT2D eigenvalue weighted by atomic mass is 16.5. The maximum Gasteiger partial charge on any atom is 0.123 e. The van der Waals surface area contributed by atoms with Gasteiger partial charge in [0.05, 0.1) is 18.2 Å². The predicted molar refractivity (Wildman–Crippen MR) is 238 cm³/mol. The Kier molecular flexibility index (Phi) is 8.52. The van der Waals surface area contributed by atoms with Crippen molar-refractivity contribution in [2.24, 2.45) is 52.3 Å². The minimum absolute atomic E-state index is 0.221. The Balaban J connectivity index is 0.945. The highest BCUT2D eigenvalue weighted by Gasteiger charge is 2.69. The average molecular weight is 788 g/mol. The summed E-state index contributed by atoms with van der Waals surface area (Å²) in [4.78, 5) is 3.13. The fraction of sp³-hybridized carbons (Fsp3) is 0.643. The number of nitrogens with zero attached hydrogens (tertiary/aromatic N) is 1. The zero-order valence-electron chi connectivity index (χ0n) is 36.2. The molecule has 13 aliphatic rings. The van der Waals surface area contributed by atoms with Gasteiger partial charge in [-0.3, -0.25) is 0 Å². The Morgan fingerprint density at radius 2 is 1.37 bits per heavy atom. The summed E-state index contributed by atoms with van der Waals surface area (Å²) >= 11 is 0. The molecule has 59 heavy (non-hydrogen) atoms. The number of ether oxygens (including phenoxy) is 2. The van der Waals surface area contributed by atoms with Crippen LogP contribution in [0.2, 0.25) is 0 Å². The second kappa shape index (κ2) is 13.7. The van der Waals surface area contributed by atoms with Gasteiger partial charge in [0.2, 0.25) is 0 Å². The van der Waals surface area contributed by atoms with Gasteiger partial charge in [0.25, 0.3) is 0 Å². The van der Waals surface area contributed by atoms with E-state index in [0.29, 0.717) is 41.7 Å². The Morgan fingerprint density at radius 1 is 0.627 bits per heavy atom. The van der Waals surface area contributed by atoms with E-state index in [0.717, 1.165) is 18.3 Å². The lowest BCUT2D eigenvalue weighted by Crippen LogP contribution is -2.60. The quantitative estimate of drug-likeness (QED) is 0.266. The van der Waals surface area contributed by atoms with Crippen molar-refractivity contribution in [2.75, 3.05) is 0 Å². The van der Waals surface area contributed by atoms with Gasteiger partial charge in [-0.25, -0.2) is 0 Å². The molecular weight excluding hydrogens is 719 g/mol. The van der Waals surface area contributed by atoms with Gasteiger partial charge < -0.3 is 14.4 Å². The van der Waals surface area contributed by atoms with Crippen molar-refractivity contribution < 1.29 is 9.47 Å². The number of allylic oxidation sites excluding steroid dienone is 13. The normalized spacial score (nSPS) is 44.5. The molecular formula is C56H69NO2. The summed E-state index contributed by atoms with van der Waals surface area (Å²) in [6.07, 6.45) is 54.9. The van der Waals surface area contributed by atoms with Gasteiger partial charge in [0, 0.05) is 23.1 Å². The van der Waals surface area contributed by atoms with Gasteiger partial charge in [0.15, 0.2) is 0 Å². The van der Waals surface area contributed by atoms with E-state index in [2.05, 4.69) is 85.6 Å². The van der Waals surface area contributed by atoms with E-state index in [1.807, 2.05) is 16.7 Å². The lowest BCUT2D eigenvalue weighted by molar-refractivity contribution is -0.187. The van der Waals surface area contributed by atoms with Gasteiger partial charge in [-0.1, -0.05) is 85.3 Å². The molecule has 12 unspecified atom stereocenters. The summed E-state index contributed by atoms with van der Waals surface area (Å²) in [7, 11) is 0. The highest BCUT2D eigenvalue weighted by molar-refractivity contribution is 5.55. The smallest absolute Gasteiger partial charge is 0.123 e. The SMILES string of the molecule is CC1(C)C2=C(CCCC2)C2=C1CC(N(C1=CC3C(CC1)C1C4=C(C=CC1C31C3CCC=CC3OC3C=CCCC31)CCCC4)C1C=CC3=C(C1)C1CCC=CC1O3)CC2. The predicted octanol–water partition coefficient (Wildman–Crippen LogP) is 13.3. The number of fused-ring (bicyclic) bond motifs is 13. The molecule has 2 heterocycles. The molecule has 0 N–H and O–H groups in total. The van der Waals surface area contributed by atoms with Crippen molar-refractivity contribution in [3.63, 3.8) is 0 Å². The third-order valence-corrected chi connectivity index (χ3v) is 19.6. The largest absolute Gasteiger partial charge is 0.486 e. The molecule has 0 radical (unpaired) electrons. The standard InChI is InChI=1S/C56H69NO2/c1-55(2)44-17-7-5-15-39(44)40-27-24-36(32-48(40)55)57(35-26-30-51-43(31-35)41-16-6-10-20-50(41)58-51)37-25-28-42-49(33-37)56(47-29-23-34-13-3-4-14-38(34)54(42)47)45-18-8-11-21-52(45)59-53-22-12-9-19-46(53)56/h10-12,20-23,26,29-30,33,35-36,41-42,45-47,49-50,52-54H,3-9,13-19,24-25,27-28,31-32H2,1-2H3. The maximum atomic E-state index is 7.21. The third-order valence-electron chi connectivity index (χ3n) is 19.6. The fourth-order valence-corrected chi connectivity index (χ4v) is 17.5. The van der Waals surface area contributed by atoms with Crippen LogP contribution < -0.4 is 0 Å². The van der Waals surface area contributed by atoms with Gasteiger partial charge in [-0.2, -0.15) is 0 Å². The molecule has 13 rings (SSSR count). The van der Waals surface area contributed by atoms with Crippen LogP contribution in [0, 0.1) is 52.3 Å². The van der Waals surface area contributed by atoms with E-state index in [9.17, 15) is 0 Å². The first-order valence-corrected chi connectivity index (χ1v) is 25.1. The molecule has 3 heteroatoms. The molecule has 310 valence electrons. The molecule has 3 nitrogen and oxygen atoms in total. The van der Waals surface area contributed by atoms with Crippen LogP contribution in [0.1, 0.15) is 142 Å². The molecule has 0 amide bonds. The molecule has 1 saturated carbocycles. The minimum Gasteiger partial charge on any atom is -0.486 e. The van der Waals surface area contributed by atoms with Crippen LogP contribution in [-0.4, -0.2) is 35.3 Å². The van der Waals surface area contributed by atoms with Crippen LogP contribution in [0.3, 0.4) is 0 Å². The van der Waals surface area contributed by atoms with Crippen molar-refractivity contribution in [1.29, 1.82) is 0 Å². The molecule has 0 aromatic carbocycles. The van der Waals surface area contributed by atoms with E-state index >= 15 is 0 Å². The third kappa shape index (κ3) is 5.21. The Morgan fingerprint density at radius 3 is 2.22 bits per heavy atom. The first-order chi connectivity index (χ1) is 29.0. The zero-order chi connectivity index (χ0) is 39.0. The number of hydrogen-bond donors (Lipinski definition) is 0. The average Bonchev–Trinajstić information content (AvgIpc) is 3.87. The van der Waals surface area contributed by atoms with E-state index in [-0.39, 0.29) is 29.1 Å². The summed E-state index contributed by atoms with van der Waals surface area (Å²) in [6, 6.07) is 0.956. The lowest BCUT2D eigenvalue weighted by atomic mass is 9.48. The molecule has 12 atom stereocenters. The van der Waals surface area contributed by atoms with Crippen LogP contribution in [0.5, 0.6) is 0 Å². The summed E-state index contributed by atoms with van der Waals surface area (Å²) in [6.45, 7) is 5.22. The van der Waals surface area contributed by atoms with Crippen LogP contribution in [0.25, 0.3) is 0 Å². The van der Waals surface area contributed by atoms with Crippen molar-refractivity contribution in [3.8, 4) is 0 Å². The van der Waals surface area contributed by atoms with Crippen molar-refractivity contribution >= 4 is 0 Å². The van der Waals surface area contributed by atoms with Gasteiger partial charge in [-0.05, 0) is 204 Å². The first kappa shape index (κ1) is 36.6. The monoisotopic (exact) mass is 788 g/mol. The molecule has 0 aromatic rings. The van der Waals surface area contributed by atoms with E-state index in [4.69, 9.17) is 9.47 Å². The van der Waals surface area contributed by atoms with Crippen LogP contribution >= 0.6 is 0 Å². The van der Waals surface area contributed by atoms with E-state index in [1.54, 1.807) is 28.0 Å². The van der Waals surface area contributed by atoms with Crippen molar-refractivity contribution in [1.82, 2.24) is 4.90 Å². The van der Waals surface area contributed by atoms with E-state index < -0.39 is 0 Å². The van der Waals surface area contributed by atoms with Crippen molar-refractivity contribution in [3.05, 3.63) is 117 Å². The van der Waals surface area contributed by atoms with Crippen LogP contribution in [-0.2, 0) is 9.47 Å². The fourth-order valence-electron chi connectivity index (χ4n) is 17.5. The molecule has 11 aliphatic carbocycles. The highest BCUT2D eigenvalue weighted by Crippen LogP contribution is 2.73. The van der Waals surface area contributed by atoms with Crippen molar-refractivity contribution in [2.45, 2.75) is 173 Å². The molecule has 2 fully saturated rings. The van der Waals surface area contributed by atoms with E-state index in [1.165, 1.54) is 128 Å². The van der Waals surface area contributed by atoms with Crippen LogP contribution in [0.4, 0.5) is 0 Å². The number of hydrogen-bond acceptors (Lipinski definition) is 3. The first-order valence-electron chi connectivity index (χ1n) is 25.1. The lowest BCUT2D eigenvalue weighted by Gasteiger charge is -2.60. The molecule has 1 saturated heterocycles. The maximum absolute atomic E-state index is 7.21. The van der Waals surface area contributed by atoms with Gasteiger partial charge in [0.1, 0.15) is 11.9 Å². The minimum atomic E-state index is 0.221. The van der Waals surface area contributed by atoms with Gasteiger partial charge >= 0.3 is 0 Å². The molecule has 0 aromatic heterocycles. The second-order valence-electron chi connectivity index (χ2n) is 22.1. The summed E-state index contributed by atoms with van der Waals surface area (Å²) < 4.78 is 13.9. The Hall–Kier alpha value is -3.04. The molecule has 2 aliphatic heterocycles. The van der Waals surface area contributed by atoms with Gasteiger partial charge in [-0.15, -0.1) is 0 Å². The van der Waals surface area contributed by atoms with Crippen LogP contribution in [0.15, 0.2) is 117 Å². The Bertz CT molecular complexity index is 2100. The second-order valence-corrected chi connectivity index (χ2v) is 22.1. The molecule has 0 bridgehead atoms.